The Morgan fingerprint density at radius 3 is 2.41 bits per heavy atom. The third-order valence-electron chi connectivity index (χ3n) is 8.23. The molecule has 4 heteroatoms. The predicted octanol–water partition coefficient (Wildman–Crippen LogP) is 4.73. The van der Waals surface area contributed by atoms with Crippen molar-refractivity contribution in [3.63, 3.8) is 0 Å². The van der Waals surface area contributed by atoms with E-state index in [1.807, 2.05) is 0 Å². The minimum atomic E-state index is 0.366. The van der Waals surface area contributed by atoms with Crippen molar-refractivity contribution in [1.82, 2.24) is 4.57 Å². The number of rotatable bonds is 1. The van der Waals surface area contributed by atoms with E-state index in [1.165, 1.54) is 55.7 Å². The Bertz CT molecular complexity index is 1640. The molecule has 0 amide bonds. The Kier molecular flexibility index (Phi) is 3.77. The van der Waals surface area contributed by atoms with E-state index in [4.69, 9.17) is 0 Å². The third-order valence-corrected chi connectivity index (χ3v) is 11.2. The van der Waals surface area contributed by atoms with Crippen molar-refractivity contribution in [2.75, 3.05) is 4.90 Å². The molecule has 2 unspecified atom stereocenters. The average molecular weight is 501 g/mol. The van der Waals surface area contributed by atoms with Crippen LogP contribution in [0.2, 0.25) is 4.72 Å². The molecule has 162 valence electrons. The second-order valence-electron chi connectivity index (χ2n) is 9.75. The molecule has 0 aliphatic carbocycles. The summed E-state index contributed by atoms with van der Waals surface area (Å²) in [5.74, 6) is 0. The Hall–Kier alpha value is -3.20. The number of nitrogens with zero attached hydrogens (tertiary/aromatic N) is 2. The van der Waals surface area contributed by atoms with E-state index in [-0.39, 0.29) is 0 Å². The van der Waals surface area contributed by atoms with E-state index in [0.717, 1.165) is 0 Å². The number of hydrogen-bond donors (Lipinski definition) is 0. The van der Waals surface area contributed by atoms with Gasteiger partial charge in [0.1, 0.15) is 0 Å². The fourth-order valence-corrected chi connectivity index (χ4v) is 10.1. The molecule has 5 aromatic rings. The molecule has 0 saturated heterocycles. The quantitative estimate of drug-likeness (QED) is 0.302. The van der Waals surface area contributed by atoms with Crippen molar-refractivity contribution in [2.24, 2.45) is 0 Å². The molecule has 0 saturated carbocycles. The van der Waals surface area contributed by atoms with Gasteiger partial charge in [-0.1, -0.05) is 0 Å². The molecule has 0 bridgehead atoms. The summed E-state index contributed by atoms with van der Waals surface area (Å²) >= 11 is 0.408. The standard InChI is InChI=1S/C30H23BN2Se/c1-18-19(2)32-24-15-9-16-25-27(24)31(23-14-8-13-21(18)28(23)32)30-29(22-12-6-7-17-26(22)34-30)33(25)20-10-4-3-5-11-20/h3-17,29-30H,1-2H3. The summed E-state index contributed by atoms with van der Waals surface area (Å²) in [6.07, 6.45) is 0. The Morgan fingerprint density at radius 2 is 1.53 bits per heavy atom. The molecule has 0 fully saturated rings. The maximum absolute atomic E-state index is 2.66. The fraction of sp³-hybridized carbons (Fsp3) is 0.133. The average Bonchev–Trinajstić information content (AvgIpc) is 3.38. The SMILES string of the molecule is Cc1c(C)n2c3c(cccc13)B1c3c(cccc3-2)N(c2ccccc2)C2c3ccccc3[Se]C12. The van der Waals surface area contributed by atoms with E-state index in [1.54, 1.807) is 4.46 Å². The molecule has 8 rings (SSSR count). The number of fused-ring (bicyclic) bond motifs is 6. The van der Waals surface area contributed by atoms with Crippen molar-refractivity contribution >= 4 is 59.3 Å². The summed E-state index contributed by atoms with van der Waals surface area (Å²) in [7, 11) is 0. The van der Waals surface area contributed by atoms with Gasteiger partial charge in [-0.25, -0.2) is 0 Å². The summed E-state index contributed by atoms with van der Waals surface area (Å²) in [6, 6.07) is 34.6. The maximum atomic E-state index is 2.66. The molecule has 0 radical (unpaired) electrons. The molecule has 34 heavy (non-hydrogen) atoms. The molecule has 3 aliphatic heterocycles. The van der Waals surface area contributed by atoms with Gasteiger partial charge in [0.25, 0.3) is 0 Å². The summed E-state index contributed by atoms with van der Waals surface area (Å²) in [4.78, 5) is 2.66. The van der Waals surface area contributed by atoms with E-state index in [2.05, 4.69) is 114 Å². The van der Waals surface area contributed by atoms with Crippen molar-refractivity contribution < 1.29 is 0 Å². The van der Waals surface area contributed by atoms with Gasteiger partial charge < -0.3 is 0 Å². The van der Waals surface area contributed by atoms with Crippen LogP contribution in [-0.2, 0) is 0 Å². The molecule has 2 atom stereocenters. The monoisotopic (exact) mass is 502 g/mol. The molecule has 1 aromatic heterocycles. The van der Waals surface area contributed by atoms with E-state index < -0.39 is 0 Å². The first-order valence-corrected chi connectivity index (χ1v) is 13.9. The molecule has 0 spiro atoms. The summed E-state index contributed by atoms with van der Waals surface area (Å²) < 4.78 is 4.68. The fourth-order valence-electron chi connectivity index (χ4n) is 6.75. The van der Waals surface area contributed by atoms with Crippen molar-refractivity contribution in [3.8, 4) is 5.69 Å². The van der Waals surface area contributed by atoms with Crippen molar-refractivity contribution in [2.45, 2.75) is 24.6 Å². The second-order valence-corrected chi connectivity index (χ2v) is 12.3. The van der Waals surface area contributed by atoms with E-state index >= 15 is 0 Å². The zero-order valence-electron chi connectivity index (χ0n) is 19.2. The second kappa shape index (κ2) is 6.69. The van der Waals surface area contributed by atoms with Crippen LogP contribution in [0.25, 0.3) is 16.6 Å². The molecular weight excluding hydrogens is 478 g/mol. The Labute approximate surface area is 206 Å². The summed E-state index contributed by atoms with van der Waals surface area (Å²) in [5, 5.41) is 1.41. The van der Waals surface area contributed by atoms with Crippen LogP contribution in [0.4, 0.5) is 11.4 Å². The van der Waals surface area contributed by atoms with E-state index in [0.29, 0.717) is 32.4 Å². The van der Waals surface area contributed by atoms with Gasteiger partial charge in [-0.3, -0.25) is 0 Å². The van der Waals surface area contributed by atoms with Gasteiger partial charge in [-0.2, -0.15) is 0 Å². The predicted molar refractivity (Wildman–Crippen MR) is 145 cm³/mol. The molecule has 4 heterocycles. The van der Waals surface area contributed by atoms with Crippen LogP contribution in [0, 0.1) is 13.8 Å². The van der Waals surface area contributed by atoms with E-state index in [9.17, 15) is 0 Å². The topological polar surface area (TPSA) is 8.17 Å². The number of aromatic nitrogens is 1. The first-order valence-electron chi connectivity index (χ1n) is 12.1. The Balaban J connectivity index is 1.52. The molecule has 3 aliphatic rings. The van der Waals surface area contributed by atoms with Gasteiger partial charge in [0, 0.05) is 0 Å². The number of para-hydroxylation sites is 2. The summed E-state index contributed by atoms with van der Waals surface area (Å²) in [5.41, 5.74) is 12.8. The van der Waals surface area contributed by atoms with Gasteiger partial charge in [-0.15, -0.1) is 0 Å². The minimum absolute atomic E-state index is 0.366. The van der Waals surface area contributed by atoms with Crippen molar-refractivity contribution in [3.05, 3.63) is 108 Å². The van der Waals surface area contributed by atoms with Gasteiger partial charge in [0.2, 0.25) is 0 Å². The van der Waals surface area contributed by atoms with Gasteiger partial charge in [0.15, 0.2) is 0 Å². The van der Waals surface area contributed by atoms with Gasteiger partial charge in [0.05, 0.1) is 0 Å². The van der Waals surface area contributed by atoms with Crippen molar-refractivity contribution in [1.29, 1.82) is 0 Å². The molecule has 4 aromatic carbocycles. The van der Waals surface area contributed by atoms with Gasteiger partial charge >= 0.3 is 207 Å². The normalized spacial score (nSPS) is 19.2. The van der Waals surface area contributed by atoms with Gasteiger partial charge in [-0.05, 0) is 0 Å². The number of anilines is 2. The zero-order chi connectivity index (χ0) is 22.6. The number of hydrogen-bond acceptors (Lipinski definition) is 1. The molecule has 2 nitrogen and oxygen atoms in total. The Morgan fingerprint density at radius 1 is 0.765 bits per heavy atom. The molecular formula is C30H23BN2Se. The zero-order valence-corrected chi connectivity index (χ0v) is 20.9. The van der Waals surface area contributed by atoms with Crippen LogP contribution >= 0.6 is 0 Å². The number of aryl methyl sites for hydroxylation is 1. The first-order chi connectivity index (χ1) is 16.7. The van der Waals surface area contributed by atoms with Crippen LogP contribution in [0.1, 0.15) is 22.9 Å². The summed E-state index contributed by atoms with van der Waals surface area (Å²) in [6.45, 7) is 5.00. The van der Waals surface area contributed by atoms with Crippen LogP contribution in [0.3, 0.4) is 0 Å². The first kappa shape index (κ1) is 19.1. The van der Waals surface area contributed by atoms with Crippen LogP contribution < -0.4 is 20.3 Å². The van der Waals surface area contributed by atoms with Crippen LogP contribution in [-0.4, -0.2) is 26.2 Å². The van der Waals surface area contributed by atoms with Crippen LogP contribution in [0.15, 0.2) is 91.0 Å². The number of benzene rings is 4. The molecule has 0 N–H and O–H groups in total. The van der Waals surface area contributed by atoms with Crippen LogP contribution in [0.5, 0.6) is 0 Å². The third kappa shape index (κ3) is 2.24.